The van der Waals surface area contributed by atoms with Crippen molar-refractivity contribution in [2.24, 2.45) is 0 Å². The van der Waals surface area contributed by atoms with Gasteiger partial charge in [0.25, 0.3) is 5.56 Å². The Kier molecular flexibility index (Phi) is 5.03. The normalized spacial score (nSPS) is 10.6. The molecule has 0 spiro atoms. The molecule has 1 heterocycles. The minimum absolute atomic E-state index is 0.153. The molecule has 3 aromatic rings. The molecule has 0 saturated carbocycles. The molecule has 2 N–H and O–H groups in total. The highest BCUT2D eigenvalue weighted by atomic mass is 16.2. The van der Waals surface area contributed by atoms with E-state index in [4.69, 9.17) is 0 Å². The lowest BCUT2D eigenvalue weighted by molar-refractivity contribution is -0.117. The van der Waals surface area contributed by atoms with Crippen molar-refractivity contribution in [1.82, 2.24) is 9.55 Å². The molecule has 0 fully saturated rings. The summed E-state index contributed by atoms with van der Waals surface area (Å²) >= 11 is 0. The molecule has 0 saturated heterocycles. The zero-order valence-corrected chi connectivity index (χ0v) is 15.4. The van der Waals surface area contributed by atoms with Crippen LogP contribution in [0.25, 0.3) is 10.9 Å². The van der Waals surface area contributed by atoms with Crippen molar-refractivity contribution < 1.29 is 9.59 Å². The molecule has 138 valence electrons. The van der Waals surface area contributed by atoms with Crippen molar-refractivity contribution in [1.29, 1.82) is 0 Å². The van der Waals surface area contributed by atoms with Gasteiger partial charge in [0.2, 0.25) is 11.8 Å². The summed E-state index contributed by atoms with van der Waals surface area (Å²) in [6.07, 6.45) is 1.39. The Morgan fingerprint density at radius 3 is 2.41 bits per heavy atom. The highest BCUT2D eigenvalue weighted by Gasteiger charge is 2.12. The van der Waals surface area contributed by atoms with Crippen molar-refractivity contribution in [2.75, 3.05) is 10.6 Å². The van der Waals surface area contributed by atoms with Gasteiger partial charge >= 0.3 is 0 Å². The third-order valence-corrected chi connectivity index (χ3v) is 4.29. The van der Waals surface area contributed by atoms with Crippen LogP contribution in [0.2, 0.25) is 0 Å². The van der Waals surface area contributed by atoms with Gasteiger partial charge in [-0.3, -0.25) is 19.0 Å². The fourth-order valence-electron chi connectivity index (χ4n) is 2.89. The van der Waals surface area contributed by atoms with Gasteiger partial charge in [-0.05, 0) is 43.2 Å². The molecular formula is C20H20N4O3. The third kappa shape index (κ3) is 3.87. The number of nitrogens with one attached hydrogen (secondary N) is 2. The van der Waals surface area contributed by atoms with E-state index >= 15 is 0 Å². The second-order valence-corrected chi connectivity index (χ2v) is 6.36. The number of carbonyl (C=O) groups is 2. The highest BCUT2D eigenvalue weighted by Crippen LogP contribution is 2.23. The monoisotopic (exact) mass is 364 g/mol. The van der Waals surface area contributed by atoms with Crippen LogP contribution < -0.4 is 16.2 Å². The van der Waals surface area contributed by atoms with E-state index in [1.807, 2.05) is 13.0 Å². The van der Waals surface area contributed by atoms with Gasteiger partial charge in [0.05, 0.1) is 17.2 Å². The molecule has 2 aromatic carbocycles. The third-order valence-electron chi connectivity index (χ3n) is 4.29. The first kappa shape index (κ1) is 18.3. The predicted octanol–water partition coefficient (Wildman–Crippen LogP) is 2.61. The summed E-state index contributed by atoms with van der Waals surface area (Å²) in [5.41, 5.74) is 3.22. The SMILES string of the molecule is CC(=O)Nc1cccc(NC(=O)Cn2cnc3c(C)cccc3c2=O)c1C. The van der Waals surface area contributed by atoms with Crippen molar-refractivity contribution >= 4 is 34.1 Å². The quantitative estimate of drug-likeness (QED) is 0.744. The molecule has 7 nitrogen and oxygen atoms in total. The van der Waals surface area contributed by atoms with E-state index in [9.17, 15) is 14.4 Å². The van der Waals surface area contributed by atoms with Crippen LogP contribution in [0.1, 0.15) is 18.1 Å². The minimum Gasteiger partial charge on any atom is -0.326 e. The summed E-state index contributed by atoms with van der Waals surface area (Å²) in [5.74, 6) is -0.542. The van der Waals surface area contributed by atoms with Crippen molar-refractivity contribution in [3.63, 3.8) is 0 Å². The second-order valence-electron chi connectivity index (χ2n) is 6.36. The Morgan fingerprint density at radius 2 is 1.70 bits per heavy atom. The Bertz CT molecular complexity index is 1100. The smallest absolute Gasteiger partial charge is 0.261 e. The van der Waals surface area contributed by atoms with Crippen molar-refractivity contribution in [3.05, 3.63) is 64.2 Å². The van der Waals surface area contributed by atoms with Crippen LogP contribution in [-0.4, -0.2) is 21.4 Å². The van der Waals surface area contributed by atoms with Gasteiger partial charge < -0.3 is 10.6 Å². The molecule has 0 radical (unpaired) electrons. The van der Waals surface area contributed by atoms with Crippen LogP contribution in [0.5, 0.6) is 0 Å². The summed E-state index contributed by atoms with van der Waals surface area (Å²) in [4.78, 5) is 40.6. The van der Waals surface area contributed by atoms with Crippen LogP contribution in [0, 0.1) is 13.8 Å². The Morgan fingerprint density at radius 1 is 1.04 bits per heavy atom. The lowest BCUT2D eigenvalue weighted by atomic mass is 10.1. The number of nitrogens with zero attached hydrogens (tertiary/aromatic N) is 2. The number of aromatic nitrogens is 2. The number of benzene rings is 2. The maximum Gasteiger partial charge on any atom is 0.261 e. The predicted molar refractivity (Wildman–Crippen MR) is 105 cm³/mol. The average Bonchev–Trinajstić information content (AvgIpc) is 2.61. The molecule has 7 heteroatoms. The number of aryl methyl sites for hydroxylation is 1. The van der Waals surface area contributed by atoms with Gasteiger partial charge in [0.15, 0.2) is 0 Å². The van der Waals surface area contributed by atoms with E-state index in [2.05, 4.69) is 15.6 Å². The van der Waals surface area contributed by atoms with Gasteiger partial charge in [0, 0.05) is 18.3 Å². The molecule has 2 amide bonds. The largest absolute Gasteiger partial charge is 0.326 e. The summed E-state index contributed by atoms with van der Waals surface area (Å²) < 4.78 is 1.28. The van der Waals surface area contributed by atoms with Gasteiger partial charge in [-0.2, -0.15) is 0 Å². The number of amides is 2. The average molecular weight is 364 g/mol. The molecular weight excluding hydrogens is 344 g/mol. The molecule has 0 bridgehead atoms. The molecule has 0 unspecified atom stereocenters. The van der Waals surface area contributed by atoms with Crippen LogP contribution >= 0.6 is 0 Å². The van der Waals surface area contributed by atoms with Crippen molar-refractivity contribution in [3.8, 4) is 0 Å². The van der Waals surface area contributed by atoms with E-state index < -0.39 is 0 Å². The molecule has 0 atom stereocenters. The maximum absolute atomic E-state index is 12.6. The first-order valence-corrected chi connectivity index (χ1v) is 8.48. The van der Waals surface area contributed by atoms with Gasteiger partial charge in [-0.15, -0.1) is 0 Å². The van der Waals surface area contributed by atoms with Gasteiger partial charge in [0.1, 0.15) is 6.54 Å². The fourth-order valence-corrected chi connectivity index (χ4v) is 2.89. The standard InChI is InChI=1S/C20H20N4O3/c1-12-6-4-7-15-19(12)21-11-24(20(15)27)10-18(26)23-17-9-5-8-16(13(17)2)22-14(3)25/h4-9,11H,10H2,1-3H3,(H,22,25)(H,23,26). The van der Waals surface area contributed by atoms with Gasteiger partial charge in [-0.25, -0.2) is 4.98 Å². The van der Waals surface area contributed by atoms with E-state index in [-0.39, 0.29) is 23.9 Å². The summed E-state index contributed by atoms with van der Waals surface area (Å²) in [6.45, 7) is 4.95. The number of fused-ring (bicyclic) bond motifs is 1. The Balaban J connectivity index is 1.83. The molecule has 0 aliphatic heterocycles. The number of hydrogen-bond donors (Lipinski definition) is 2. The molecule has 27 heavy (non-hydrogen) atoms. The maximum atomic E-state index is 12.6. The van der Waals surface area contributed by atoms with Gasteiger partial charge in [-0.1, -0.05) is 18.2 Å². The number of rotatable bonds is 4. The Labute approximate surface area is 156 Å². The van der Waals surface area contributed by atoms with Crippen molar-refractivity contribution in [2.45, 2.75) is 27.3 Å². The minimum atomic E-state index is -0.353. The number of hydrogen-bond acceptors (Lipinski definition) is 4. The lowest BCUT2D eigenvalue weighted by Crippen LogP contribution is -2.28. The number of anilines is 2. The lowest BCUT2D eigenvalue weighted by Gasteiger charge is -2.13. The zero-order chi connectivity index (χ0) is 19.6. The Hall–Kier alpha value is -3.48. The molecule has 1 aromatic heterocycles. The molecule has 0 aliphatic carbocycles. The van der Waals surface area contributed by atoms with E-state index in [0.29, 0.717) is 22.3 Å². The summed E-state index contributed by atoms with van der Waals surface area (Å²) in [7, 11) is 0. The topological polar surface area (TPSA) is 93.1 Å². The highest BCUT2D eigenvalue weighted by molar-refractivity contribution is 5.95. The summed E-state index contributed by atoms with van der Waals surface area (Å²) in [5, 5.41) is 5.98. The summed E-state index contributed by atoms with van der Waals surface area (Å²) in [6, 6.07) is 10.6. The first-order valence-electron chi connectivity index (χ1n) is 8.48. The second kappa shape index (κ2) is 7.41. The van der Waals surface area contributed by atoms with Crippen LogP contribution in [-0.2, 0) is 16.1 Å². The molecule has 0 aliphatic rings. The van der Waals surface area contributed by atoms with Crippen LogP contribution in [0.3, 0.4) is 0 Å². The number of carbonyl (C=O) groups excluding carboxylic acids is 2. The first-order chi connectivity index (χ1) is 12.9. The zero-order valence-electron chi connectivity index (χ0n) is 15.4. The van der Waals surface area contributed by atoms with Crippen LogP contribution in [0.15, 0.2) is 47.5 Å². The number of para-hydroxylation sites is 1. The van der Waals surface area contributed by atoms with E-state index in [1.165, 1.54) is 17.8 Å². The fraction of sp³-hybridized carbons (Fsp3) is 0.200. The van der Waals surface area contributed by atoms with Crippen LogP contribution in [0.4, 0.5) is 11.4 Å². The van der Waals surface area contributed by atoms with E-state index in [0.717, 1.165) is 11.1 Å². The molecule has 3 rings (SSSR count). The van der Waals surface area contributed by atoms with E-state index in [1.54, 1.807) is 37.3 Å².